The lowest BCUT2D eigenvalue weighted by atomic mass is 9.66. The summed E-state index contributed by atoms with van der Waals surface area (Å²) in [4.78, 5) is 21.8. The zero-order chi connectivity index (χ0) is 12.2. The highest BCUT2D eigenvalue weighted by Gasteiger charge is 2.37. The van der Waals surface area contributed by atoms with E-state index in [2.05, 4.69) is 5.32 Å². The Morgan fingerprint density at radius 3 is 2.44 bits per heavy atom. The quantitative estimate of drug-likeness (QED) is 0.471. The Kier molecular flexibility index (Phi) is 4.26. The van der Waals surface area contributed by atoms with Gasteiger partial charge in [-0.15, -0.1) is 0 Å². The van der Waals surface area contributed by atoms with E-state index in [4.69, 9.17) is 15.9 Å². The Hall–Kier alpha value is -1.14. The number of rotatable bonds is 6. The third-order valence-corrected chi connectivity index (χ3v) is 3.16. The van der Waals surface area contributed by atoms with Crippen molar-refractivity contribution in [3.8, 4) is 0 Å². The maximum Gasteiger partial charge on any atom is 0.334 e. The summed E-state index contributed by atoms with van der Waals surface area (Å²) in [5.74, 6) is -1.58. The highest BCUT2D eigenvalue weighted by molar-refractivity contribution is 5.78. The SMILES string of the molecule is NCC1(CC(=O)NC[C@H](O)C(=O)O)CCC1. The highest BCUT2D eigenvalue weighted by Crippen LogP contribution is 2.42. The van der Waals surface area contributed by atoms with Crippen LogP contribution >= 0.6 is 0 Å². The van der Waals surface area contributed by atoms with Crippen molar-refractivity contribution in [3.63, 3.8) is 0 Å². The molecule has 1 aliphatic carbocycles. The number of carboxylic acids is 1. The minimum absolute atomic E-state index is 0.0989. The van der Waals surface area contributed by atoms with E-state index in [1.54, 1.807) is 0 Å². The van der Waals surface area contributed by atoms with E-state index in [1.807, 2.05) is 0 Å². The molecule has 92 valence electrons. The van der Waals surface area contributed by atoms with Crippen molar-refractivity contribution in [2.45, 2.75) is 31.8 Å². The molecule has 1 atom stereocenters. The minimum Gasteiger partial charge on any atom is -0.479 e. The van der Waals surface area contributed by atoms with Crippen molar-refractivity contribution >= 4 is 11.9 Å². The molecular weight excluding hydrogens is 212 g/mol. The molecule has 0 aromatic rings. The molecule has 1 rings (SSSR count). The number of aliphatic hydroxyl groups excluding tert-OH is 1. The molecule has 6 heteroatoms. The summed E-state index contributed by atoms with van der Waals surface area (Å²) >= 11 is 0. The van der Waals surface area contributed by atoms with Gasteiger partial charge < -0.3 is 21.3 Å². The molecule has 16 heavy (non-hydrogen) atoms. The van der Waals surface area contributed by atoms with Crippen LogP contribution in [-0.2, 0) is 9.59 Å². The fourth-order valence-corrected chi connectivity index (χ4v) is 1.83. The summed E-state index contributed by atoms with van der Waals surface area (Å²) < 4.78 is 0. The van der Waals surface area contributed by atoms with Crippen molar-refractivity contribution in [1.29, 1.82) is 0 Å². The van der Waals surface area contributed by atoms with Gasteiger partial charge in [-0.1, -0.05) is 6.42 Å². The van der Waals surface area contributed by atoms with Crippen LogP contribution in [0.2, 0.25) is 0 Å². The minimum atomic E-state index is -1.54. The molecule has 1 fully saturated rings. The zero-order valence-electron chi connectivity index (χ0n) is 9.11. The number of aliphatic carboxylic acids is 1. The molecule has 0 unspecified atom stereocenters. The molecule has 0 bridgehead atoms. The number of carbonyl (C=O) groups is 2. The molecule has 1 saturated carbocycles. The molecule has 0 saturated heterocycles. The topological polar surface area (TPSA) is 113 Å². The molecule has 0 heterocycles. The molecule has 6 nitrogen and oxygen atoms in total. The van der Waals surface area contributed by atoms with Crippen LogP contribution in [0.25, 0.3) is 0 Å². The summed E-state index contributed by atoms with van der Waals surface area (Å²) in [7, 11) is 0. The van der Waals surface area contributed by atoms with Gasteiger partial charge >= 0.3 is 5.97 Å². The average Bonchev–Trinajstić information content (AvgIpc) is 2.19. The van der Waals surface area contributed by atoms with E-state index in [1.165, 1.54) is 0 Å². The number of amides is 1. The third kappa shape index (κ3) is 3.18. The van der Waals surface area contributed by atoms with Gasteiger partial charge in [-0.05, 0) is 24.8 Å². The number of nitrogens with one attached hydrogen (secondary N) is 1. The van der Waals surface area contributed by atoms with Crippen LogP contribution in [0.3, 0.4) is 0 Å². The molecule has 1 aliphatic rings. The first-order valence-corrected chi connectivity index (χ1v) is 5.37. The fourth-order valence-electron chi connectivity index (χ4n) is 1.83. The van der Waals surface area contributed by atoms with Crippen LogP contribution in [0.5, 0.6) is 0 Å². The van der Waals surface area contributed by atoms with Crippen LogP contribution in [0.4, 0.5) is 0 Å². The van der Waals surface area contributed by atoms with Crippen molar-refractivity contribution in [1.82, 2.24) is 5.32 Å². The summed E-state index contributed by atoms with van der Waals surface area (Å²) in [5, 5.41) is 19.8. The normalized spacial score (nSPS) is 19.6. The molecule has 0 aromatic carbocycles. The lowest BCUT2D eigenvalue weighted by molar-refractivity contribution is -0.146. The van der Waals surface area contributed by atoms with Crippen molar-refractivity contribution < 1.29 is 19.8 Å². The standard InChI is InChI=1S/C10H18N2O4/c11-6-10(2-1-3-10)4-8(14)12-5-7(13)9(15)16/h7,13H,1-6,11H2,(H,12,14)(H,15,16)/t7-/m0/s1. The van der Waals surface area contributed by atoms with Crippen LogP contribution in [0, 0.1) is 5.41 Å². The Morgan fingerprint density at radius 1 is 1.44 bits per heavy atom. The van der Waals surface area contributed by atoms with Gasteiger partial charge in [0, 0.05) is 6.42 Å². The summed E-state index contributed by atoms with van der Waals surface area (Å²) in [6.45, 7) is 0.219. The molecule has 0 radical (unpaired) electrons. The second-order valence-corrected chi connectivity index (χ2v) is 4.39. The van der Waals surface area contributed by atoms with Gasteiger partial charge in [0.25, 0.3) is 0 Å². The predicted molar refractivity (Wildman–Crippen MR) is 56.6 cm³/mol. The number of hydrogen-bond acceptors (Lipinski definition) is 4. The molecule has 0 spiro atoms. The lowest BCUT2D eigenvalue weighted by Gasteiger charge is -2.40. The average molecular weight is 230 g/mol. The van der Waals surface area contributed by atoms with Gasteiger partial charge in [-0.25, -0.2) is 4.79 Å². The monoisotopic (exact) mass is 230 g/mol. The maximum absolute atomic E-state index is 11.5. The molecule has 5 N–H and O–H groups in total. The summed E-state index contributed by atoms with van der Waals surface area (Å²) in [6, 6.07) is 0. The summed E-state index contributed by atoms with van der Waals surface area (Å²) in [5.41, 5.74) is 5.50. The maximum atomic E-state index is 11.5. The van der Waals surface area contributed by atoms with Crippen molar-refractivity contribution in [2.24, 2.45) is 11.1 Å². The van der Waals surface area contributed by atoms with Crippen LogP contribution in [0.15, 0.2) is 0 Å². The van der Waals surface area contributed by atoms with E-state index in [-0.39, 0.29) is 17.9 Å². The number of nitrogens with two attached hydrogens (primary N) is 1. The van der Waals surface area contributed by atoms with Crippen LogP contribution < -0.4 is 11.1 Å². The molecule has 1 amide bonds. The Labute approximate surface area is 93.8 Å². The predicted octanol–water partition coefficient (Wildman–Crippen LogP) is -0.933. The second-order valence-electron chi connectivity index (χ2n) is 4.39. The van der Waals surface area contributed by atoms with E-state index in [9.17, 15) is 9.59 Å². The first-order valence-electron chi connectivity index (χ1n) is 5.37. The van der Waals surface area contributed by atoms with Gasteiger partial charge in [-0.3, -0.25) is 4.79 Å². The molecule has 0 aliphatic heterocycles. The summed E-state index contributed by atoms with van der Waals surface area (Å²) in [6.07, 6.45) is 1.74. The fraction of sp³-hybridized carbons (Fsp3) is 0.800. The van der Waals surface area contributed by atoms with Gasteiger partial charge in [0.1, 0.15) is 0 Å². The van der Waals surface area contributed by atoms with Crippen molar-refractivity contribution in [3.05, 3.63) is 0 Å². The van der Waals surface area contributed by atoms with Crippen LogP contribution in [-0.4, -0.2) is 41.3 Å². The van der Waals surface area contributed by atoms with Gasteiger partial charge in [0.05, 0.1) is 6.54 Å². The Morgan fingerprint density at radius 2 is 2.06 bits per heavy atom. The van der Waals surface area contributed by atoms with Gasteiger partial charge in [0.15, 0.2) is 6.10 Å². The van der Waals surface area contributed by atoms with Crippen LogP contribution in [0.1, 0.15) is 25.7 Å². The lowest BCUT2D eigenvalue weighted by Crippen LogP contribution is -2.44. The number of carbonyl (C=O) groups excluding carboxylic acids is 1. The van der Waals surface area contributed by atoms with Gasteiger partial charge in [0.2, 0.25) is 5.91 Å². The molecule has 0 aromatic heterocycles. The smallest absolute Gasteiger partial charge is 0.334 e. The van der Waals surface area contributed by atoms with E-state index in [0.717, 1.165) is 19.3 Å². The number of hydrogen-bond donors (Lipinski definition) is 4. The third-order valence-electron chi connectivity index (χ3n) is 3.16. The first-order chi connectivity index (χ1) is 7.49. The van der Waals surface area contributed by atoms with Gasteiger partial charge in [-0.2, -0.15) is 0 Å². The van der Waals surface area contributed by atoms with Crippen molar-refractivity contribution in [2.75, 3.05) is 13.1 Å². The highest BCUT2D eigenvalue weighted by atomic mass is 16.4. The Bertz CT molecular complexity index is 270. The second kappa shape index (κ2) is 5.27. The van der Waals surface area contributed by atoms with E-state index < -0.39 is 12.1 Å². The number of aliphatic hydroxyl groups is 1. The number of carboxylic acid groups (broad SMARTS) is 1. The van der Waals surface area contributed by atoms with E-state index >= 15 is 0 Å². The zero-order valence-corrected chi connectivity index (χ0v) is 9.11. The van der Waals surface area contributed by atoms with E-state index in [0.29, 0.717) is 13.0 Å². The largest absolute Gasteiger partial charge is 0.479 e. The first kappa shape index (κ1) is 12.9. The Balaban J connectivity index is 2.28. The molecular formula is C10H18N2O4.